The van der Waals surface area contributed by atoms with Crippen molar-refractivity contribution in [2.45, 2.75) is 6.54 Å². The lowest BCUT2D eigenvalue weighted by Gasteiger charge is -2.07. The Morgan fingerprint density at radius 2 is 2.03 bits per heavy atom. The maximum atomic E-state index is 12.0. The van der Waals surface area contributed by atoms with Gasteiger partial charge in [-0.25, -0.2) is 14.6 Å². The van der Waals surface area contributed by atoms with E-state index in [1.807, 2.05) is 55.7 Å². The Balaban J connectivity index is 1.56. The first-order valence-electron chi connectivity index (χ1n) is 10.7. The third kappa shape index (κ3) is 4.14. The Morgan fingerprint density at radius 1 is 1.12 bits per heavy atom. The van der Waals surface area contributed by atoms with E-state index in [4.69, 9.17) is 5.10 Å². The van der Waals surface area contributed by atoms with Crippen LogP contribution in [0.4, 0.5) is 11.6 Å². The van der Waals surface area contributed by atoms with Crippen molar-refractivity contribution >= 4 is 28.6 Å². The Bertz CT molecular complexity index is 1490. The molecule has 9 nitrogen and oxygen atoms in total. The number of carbonyl (C=O) groups is 1. The lowest BCUT2D eigenvalue weighted by Crippen LogP contribution is -2.13. The fraction of sp³-hybridized carbons (Fsp3) is 0.0800. The van der Waals surface area contributed by atoms with Crippen molar-refractivity contribution in [1.82, 2.24) is 29.7 Å². The number of hydrogen-bond donors (Lipinski definition) is 3. The van der Waals surface area contributed by atoms with Crippen LogP contribution in [0.2, 0.25) is 0 Å². The van der Waals surface area contributed by atoms with Crippen LogP contribution in [-0.2, 0) is 11.3 Å². The third-order valence-corrected chi connectivity index (χ3v) is 5.41. The molecule has 0 saturated heterocycles. The highest BCUT2D eigenvalue weighted by Crippen LogP contribution is 2.32. The van der Waals surface area contributed by atoms with E-state index >= 15 is 0 Å². The number of nitrogens with zero attached hydrogens (tertiary/aromatic N) is 5. The summed E-state index contributed by atoms with van der Waals surface area (Å²) in [5, 5.41) is 11.6. The number of pyridine rings is 3. The summed E-state index contributed by atoms with van der Waals surface area (Å²) in [5.41, 5.74) is 5.13. The predicted molar refractivity (Wildman–Crippen MR) is 132 cm³/mol. The van der Waals surface area contributed by atoms with Crippen LogP contribution in [0, 0.1) is 0 Å². The quantitative estimate of drug-likeness (QED) is 0.322. The second-order valence-electron chi connectivity index (χ2n) is 7.59. The number of aromatic nitrogens is 6. The van der Waals surface area contributed by atoms with E-state index in [2.05, 4.69) is 37.1 Å². The maximum absolute atomic E-state index is 12.0. The van der Waals surface area contributed by atoms with E-state index < -0.39 is 0 Å². The molecule has 0 aliphatic carbocycles. The second-order valence-corrected chi connectivity index (χ2v) is 7.59. The van der Waals surface area contributed by atoms with Crippen molar-refractivity contribution in [1.29, 1.82) is 0 Å². The Kier molecular flexibility index (Phi) is 5.57. The molecule has 5 aromatic heterocycles. The van der Waals surface area contributed by atoms with E-state index in [-0.39, 0.29) is 5.91 Å². The summed E-state index contributed by atoms with van der Waals surface area (Å²) in [5.74, 6) is 1.02. The standard InChI is InChI=1S/C25H22N8O/c1-3-24(34)31-23-12-21(32-33(23)15-18-6-4-5-8-27-18)17-10-19-20(14-30-25(19)29-13-17)16-7-9-28-22(11-16)26-2/h3-14H,1,15H2,2H3,(H,26,28)(H,29,30)(H,31,34). The molecule has 0 aliphatic rings. The summed E-state index contributed by atoms with van der Waals surface area (Å²) in [6.07, 6.45) is 8.43. The SMILES string of the molecule is C=CC(=O)Nc1cc(-c2cnc3[nH]cc(-c4ccnc(NC)c4)c3c2)nn1Cc1ccccn1. The molecule has 0 unspecified atom stereocenters. The molecule has 0 spiro atoms. The lowest BCUT2D eigenvalue weighted by atomic mass is 10.1. The minimum Gasteiger partial charge on any atom is -0.373 e. The van der Waals surface area contributed by atoms with Gasteiger partial charge in [-0.3, -0.25) is 9.78 Å². The number of amides is 1. The fourth-order valence-corrected chi connectivity index (χ4v) is 3.72. The van der Waals surface area contributed by atoms with Crippen molar-refractivity contribution in [3.05, 3.63) is 85.6 Å². The molecule has 1 amide bonds. The van der Waals surface area contributed by atoms with Crippen LogP contribution in [0.15, 0.2) is 79.9 Å². The Morgan fingerprint density at radius 3 is 2.82 bits per heavy atom. The molecule has 0 fully saturated rings. The van der Waals surface area contributed by atoms with E-state index in [0.717, 1.165) is 39.2 Å². The van der Waals surface area contributed by atoms with Gasteiger partial charge in [-0.1, -0.05) is 12.6 Å². The van der Waals surface area contributed by atoms with Gasteiger partial charge < -0.3 is 15.6 Å². The average molecular weight is 451 g/mol. The van der Waals surface area contributed by atoms with Gasteiger partial charge in [0, 0.05) is 54.4 Å². The van der Waals surface area contributed by atoms with Crippen molar-refractivity contribution in [2.24, 2.45) is 0 Å². The molecule has 34 heavy (non-hydrogen) atoms. The number of H-pyrrole nitrogens is 1. The molecule has 0 bridgehead atoms. The number of nitrogens with one attached hydrogen (secondary N) is 3. The number of aromatic amines is 1. The highest BCUT2D eigenvalue weighted by Gasteiger charge is 2.15. The first kappa shape index (κ1) is 21.1. The number of hydrogen-bond acceptors (Lipinski definition) is 6. The largest absolute Gasteiger partial charge is 0.373 e. The molecule has 168 valence electrons. The van der Waals surface area contributed by atoms with E-state index in [9.17, 15) is 4.79 Å². The predicted octanol–water partition coefficient (Wildman–Crippen LogP) is 4.10. The topological polar surface area (TPSA) is 113 Å². The van der Waals surface area contributed by atoms with Crippen LogP contribution < -0.4 is 10.6 Å². The van der Waals surface area contributed by atoms with E-state index in [1.165, 1.54) is 6.08 Å². The van der Waals surface area contributed by atoms with Gasteiger partial charge in [0.05, 0.1) is 17.9 Å². The van der Waals surface area contributed by atoms with Gasteiger partial charge in [0.2, 0.25) is 5.91 Å². The molecule has 0 aromatic carbocycles. The van der Waals surface area contributed by atoms with Crippen LogP contribution >= 0.6 is 0 Å². The van der Waals surface area contributed by atoms with Crippen LogP contribution in [0.3, 0.4) is 0 Å². The smallest absolute Gasteiger partial charge is 0.248 e. The highest BCUT2D eigenvalue weighted by molar-refractivity contribution is 5.99. The zero-order valence-electron chi connectivity index (χ0n) is 18.5. The minimum absolute atomic E-state index is 0.312. The third-order valence-electron chi connectivity index (χ3n) is 5.41. The Labute approximate surface area is 195 Å². The van der Waals surface area contributed by atoms with Gasteiger partial charge in [0.1, 0.15) is 17.3 Å². The summed E-state index contributed by atoms with van der Waals surface area (Å²) < 4.78 is 1.71. The number of anilines is 2. The number of rotatable bonds is 7. The van der Waals surface area contributed by atoms with E-state index in [1.54, 1.807) is 23.3 Å². The summed E-state index contributed by atoms with van der Waals surface area (Å²) in [6, 6.07) is 13.5. The summed E-state index contributed by atoms with van der Waals surface area (Å²) in [4.78, 5) is 28.5. The lowest BCUT2D eigenvalue weighted by molar-refractivity contribution is -0.111. The zero-order valence-corrected chi connectivity index (χ0v) is 18.5. The molecular formula is C25H22N8O. The zero-order chi connectivity index (χ0) is 23.5. The molecule has 5 heterocycles. The van der Waals surface area contributed by atoms with Crippen molar-refractivity contribution < 1.29 is 4.79 Å². The van der Waals surface area contributed by atoms with Crippen LogP contribution in [0.5, 0.6) is 0 Å². The molecule has 5 aromatic rings. The van der Waals surface area contributed by atoms with Crippen molar-refractivity contribution in [3.63, 3.8) is 0 Å². The average Bonchev–Trinajstić information content (AvgIpc) is 3.48. The molecule has 0 atom stereocenters. The monoisotopic (exact) mass is 450 g/mol. The van der Waals surface area contributed by atoms with Gasteiger partial charge in [-0.15, -0.1) is 0 Å². The van der Waals surface area contributed by atoms with Crippen LogP contribution in [-0.4, -0.2) is 42.7 Å². The molecule has 0 saturated carbocycles. The summed E-state index contributed by atoms with van der Waals surface area (Å²) in [7, 11) is 1.84. The van der Waals surface area contributed by atoms with Crippen molar-refractivity contribution in [3.8, 4) is 22.4 Å². The Hall–Kier alpha value is -4.79. The van der Waals surface area contributed by atoms with Crippen LogP contribution in [0.1, 0.15) is 5.69 Å². The van der Waals surface area contributed by atoms with Gasteiger partial charge in [-0.05, 0) is 42.0 Å². The summed E-state index contributed by atoms with van der Waals surface area (Å²) in [6.45, 7) is 3.94. The van der Waals surface area contributed by atoms with Gasteiger partial charge >= 0.3 is 0 Å². The minimum atomic E-state index is -0.312. The molecule has 9 heteroatoms. The highest BCUT2D eigenvalue weighted by atomic mass is 16.1. The molecule has 5 rings (SSSR count). The van der Waals surface area contributed by atoms with Crippen LogP contribution in [0.25, 0.3) is 33.4 Å². The second kappa shape index (κ2) is 8.99. The fourth-order valence-electron chi connectivity index (χ4n) is 3.72. The van der Waals surface area contributed by atoms with E-state index in [0.29, 0.717) is 18.1 Å². The first-order chi connectivity index (χ1) is 16.6. The van der Waals surface area contributed by atoms with Gasteiger partial charge in [0.15, 0.2) is 0 Å². The summed E-state index contributed by atoms with van der Waals surface area (Å²) >= 11 is 0. The molecule has 0 radical (unpaired) electrons. The normalized spacial score (nSPS) is 10.9. The first-order valence-corrected chi connectivity index (χ1v) is 10.7. The molecule has 0 aliphatic heterocycles. The maximum Gasteiger partial charge on any atom is 0.248 e. The van der Waals surface area contributed by atoms with Gasteiger partial charge in [0.25, 0.3) is 0 Å². The molecule has 3 N–H and O–H groups in total. The molecular weight excluding hydrogens is 428 g/mol. The van der Waals surface area contributed by atoms with Crippen molar-refractivity contribution in [2.75, 3.05) is 17.7 Å². The number of fused-ring (bicyclic) bond motifs is 1. The number of carbonyl (C=O) groups excluding carboxylic acids is 1. The van der Waals surface area contributed by atoms with Gasteiger partial charge in [-0.2, -0.15) is 5.10 Å².